The normalized spacial score (nSPS) is 11.4. The number of hydrogen-bond donors (Lipinski definition) is 3. The van der Waals surface area contributed by atoms with Gasteiger partial charge in [-0.1, -0.05) is 13.8 Å². The first kappa shape index (κ1) is 11.9. The second kappa shape index (κ2) is 5.03. The Morgan fingerprint density at radius 3 is 2.20 bits per heavy atom. The zero-order valence-electron chi connectivity index (χ0n) is 9.46. The molecule has 0 bridgehead atoms. The first-order valence-corrected chi connectivity index (χ1v) is 5.41. The summed E-state index contributed by atoms with van der Waals surface area (Å²) in [6, 6.07) is 7.53. The summed E-state index contributed by atoms with van der Waals surface area (Å²) >= 11 is 0. The van der Waals surface area contributed by atoms with Crippen LogP contribution in [-0.2, 0) is 0 Å². The summed E-state index contributed by atoms with van der Waals surface area (Å²) in [6.07, 6.45) is 1.51. The van der Waals surface area contributed by atoms with Gasteiger partial charge in [-0.15, -0.1) is 0 Å². The highest BCUT2D eigenvalue weighted by Crippen LogP contribution is 2.17. The number of aliphatic hydroxyl groups is 1. The van der Waals surface area contributed by atoms with E-state index in [-0.39, 0.29) is 0 Å². The largest absolute Gasteiger partial charge is 0.399 e. The van der Waals surface area contributed by atoms with E-state index < -0.39 is 5.60 Å². The molecule has 3 heteroatoms. The highest BCUT2D eigenvalue weighted by Gasteiger charge is 2.21. The van der Waals surface area contributed by atoms with Gasteiger partial charge in [0, 0.05) is 17.9 Å². The monoisotopic (exact) mass is 208 g/mol. The van der Waals surface area contributed by atoms with E-state index in [1.807, 2.05) is 38.1 Å². The Hall–Kier alpha value is -1.22. The van der Waals surface area contributed by atoms with Crippen molar-refractivity contribution < 1.29 is 5.11 Å². The van der Waals surface area contributed by atoms with Crippen LogP contribution in [0.25, 0.3) is 0 Å². The number of benzene rings is 1. The summed E-state index contributed by atoms with van der Waals surface area (Å²) in [4.78, 5) is 0. The number of anilines is 2. The van der Waals surface area contributed by atoms with Crippen LogP contribution in [-0.4, -0.2) is 17.3 Å². The van der Waals surface area contributed by atoms with E-state index in [1.54, 1.807) is 0 Å². The summed E-state index contributed by atoms with van der Waals surface area (Å²) in [6.45, 7) is 4.56. The SMILES string of the molecule is CCC(O)(CC)CNc1ccc(N)cc1. The molecule has 3 nitrogen and oxygen atoms in total. The first-order chi connectivity index (χ1) is 7.09. The van der Waals surface area contributed by atoms with Crippen LogP contribution >= 0.6 is 0 Å². The van der Waals surface area contributed by atoms with Crippen molar-refractivity contribution in [1.29, 1.82) is 0 Å². The van der Waals surface area contributed by atoms with Gasteiger partial charge in [0.15, 0.2) is 0 Å². The van der Waals surface area contributed by atoms with Crippen LogP contribution in [0.15, 0.2) is 24.3 Å². The van der Waals surface area contributed by atoms with E-state index in [2.05, 4.69) is 5.32 Å². The minimum Gasteiger partial charge on any atom is -0.399 e. The molecule has 0 saturated carbocycles. The van der Waals surface area contributed by atoms with Gasteiger partial charge in [0.25, 0.3) is 0 Å². The van der Waals surface area contributed by atoms with Gasteiger partial charge >= 0.3 is 0 Å². The molecule has 0 amide bonds. The minimum atomic E-state index is -0.610. The molecular formula is C12H20N2O. The predicted molar refractivity (Wildman–Crippen MR) is 64.9 cm³/mol. The standard InChI is InChI=1S/C12H20N2O/c1-3-12(15,4-2)9-14-11-7-5-10(13)6-8-11/h5-8,14-15H,3-4,9,13H2,1-2H3. The number of hydrogen-bond acceptors (Lipinski definition) is 3. The maximum Gasteiger partial charge on any atom is 0.0814 e. The smallest absolute Gasteiger partial charge is 0.0814 e. The molecular weight excluding hydrogens is 188 g/mol. The average Bonchev–Trinajstić information content (AvgIpc) is 2.28. The van der Waals surface area contributed by atoms with Crippen LogP contribution < -0.4 is 11.1 Å². The maximum atomic E-state index is 10.1. The van der Waals surface area contributed by atoms with Gasteiger partial charge < -0.3 is 16.2 Å². The second-order valence-corrected chi connectivity index (χ2v) is 3.91. The third-order valence-electron chi connectivity index (χ3n) is 2.85. The van der Waals surface area contributed by atoms with E-state index in [1.165, 1.54) is 0 Å². The van der Waals surface area contributed by atoms with Crippen LogP contribution in [0.2, 0.25) is 0 Å². The molecule has 1 rings (SSSR count). The lowest BCUT2D eigenvalue weighted by molar-refractivity contribution is 0.0457. The molecule has 0 aliphatic rings. The van der Waals surface area contributed by atoms with Gasteiger partial charge in [-0.25, -0.2) is 0 Å². The van der Waals surface area contributed by atoms with Crippen molar-refractivity contribution in [3.8, 4) is 0 Å². The van der Waals surface area contributed by atoms with Crippen molar-refractivity contribution in [3.63, 3.8) is 0 Å². The van der Waals surface area contributed by atoms with Crippen LogP contribution in [0.4, 0.5) is 11.4 Å². The van der Waals surface area contributed by atoms with E-state index >= 15 is 0 Å². The molecule has 0 aliphatic carbocycles. The Balaban J connectivity index is 2.53. The quantitative estimate of drug-likeness (QED) is 0.650. The van der Waals surface area contributed by atoms with E-state index in [0.717, 1.165) is 24.2 Å². The Bertz CT molecular complexity index is 291. The molecule has 15 heavy (non-hydrogen) atoms. The number of nitrogens with one attached hydrogen (secondary N) is 1. The van der Waals surface area contributed by atoms with Gasteiger partial charge in [0.2, 0.25) is 0 Å². The fourth-order valence-electron chi connectivity index (χ4n) is 1.37. The molecule has 0 unspecified atom stereocenters. The summed E-state index contributed by atoms with van der Waals surface area (Å²) in [7, 11) is 0. The second-order valence-electron chi connectivity index (χ2n) is 3.91. The molecule has 0 saturated heterocycles. The third kappa shape index (κ3) is 3.44. The highest BCUT2D eigenvalue weighted by atomic mass is 16.3. The number of nitrogens with two attached hydrogens (primary N) is 1. The topological polar surface area (TPSA) is 58.3 Å². The maximum absolute atomic E-state index is 10.1. The van der Waals surface area contributed by atoms with Gasteiger partial charge in [-0.05, 0) is 37.1 Å². The molecule has 0 aliphatic heterocycles. The van der Waals surface area contributed by atoms with Crippen LogP contribution in [0.1, 0.15) is 26.7 Å². The molecule has 0 fully saturated rings. The zero-order chi connectivity index (χ0) is 11.3. The van der Waals surface area contributed by atoms with Crippen LogP contribution in [0.5, 0.6) is 0 Å². The molecule has 1 aromatic rings. The molecule has 0 spiro atoms. The molecule has 84 valence electrons. The summed E-state index contributed by atoms with van der Waals surface area (Å²) in [5.74, 6) is 0. The fraction of sp³-hybridized carbons (Fsp3) is 0.500. The lowest BCUT2D eigenvalue weighted by Gasteiger charge is -2.25. The van der Waals surface area contributed by atoms with Crippen molar-refractivity contribution >= 4 is 11.4 Å². The number of nitrogen functional groups attached to an aromatic ring is 1. The molecule has 0 aromatic heterocycles. The summed E-state index contributed by atoms with van der Waals surface area (Å²) < 4.78 is 0. The van der Waals surface area contributed by atoms with Crippen molar-refractivity contribution in [1.82, 2.24) is 0 Å². The van der Waals surface area contributed by atoms with Crippen molar-refractivity contribution in [2.75, 3.05) is 17.6 Å². The summed E-state index contributed by atoms with van der Waals surface area (Å²) in [5, 5.41) is 13.3. The molecule has 1 aromatic carbocycles. The third-order valence-corrected chi connectivity index (χ3v) is 2.85. The fourth-order valence-corrected chi connectivity index (χ4v) is 1.37. The molecule has 4 N–H and O–H groups in total. The van der Waals surface area contributed by atoms with Gasteiger partial charge in [0.05, 0.1) is 5.60 Å². The average molecular weight is 208 g/mol. The van der Waals surface area contributed by atoms with Crippen LogP contribution in [0.3, 0.4) is 0 Å². The Labute approximate surface area is 91.3 Å². The highest BCUT2D eigenvalue weighted by molar-refractivity contribution is 5.51. The van der Waals surface area contributed by atoms with E-state index in [0.29, 0.717) is 6.54 Å². The van der Waals surface area contributed by atoms with Gasteiger partial charge in [-0.2, -0.15) is 0 Å². The zero-order valence-corrected chi connectivity index (χ0v) is 9.46. The number of rotatable bonds is 5. The Kier molecular flexibility index (Phi) is 3.97. The van der Waals surface area contributed by atoms with Crippen molar-refractivity contribution in [2.24, 2.45) is 0 Å². The molecule has 0 heterocycles. The lowest BCUT2D eigenvalue weighted by Crippen LogP contribution is -2.35. The van der Waals surface area contributed by atoms with Crippen molar-refractivity contribution in [3.05, 3.63) is 24.3 Å². The van der Waals surface area contributed by atoms with Crippen molar-refractivity contribution in [2.45, 2.75) is 32.3 Å². The first-order valence-electron chi connectivity index (χ1n) is 5.41. The minimum absolute atomic E-state index is 0.573. The van der Waals surface area contributed by atoms with Gasteiger partial charge in [0.1, 0.15) is 0 Å². The predicted octanol–water partition coefficient (Wildman–Crippen LogP) is 2.23. The van der Waals surface area contributed by atoms with Crippen LogP contribution in [0, 0.1) is 0 Å². The van der Waals surface area contributed by atoms with E-state index in [4.69, 9.17) is 5.73 Å². The van der Waals surface area contributed by atoms with Gasteiger partial charge in [-0.3, -0.25) is 0 Å². The molecule has 0 radical (unpaired) electrons. The Morgan fingerprint density at radius 1 is 1.20 bits per heavy atom. The summed E-state index contributed by atoms with van der Waals surface area (Å²) in [5.41, 5.74) is 6.72. The van der Waals surface area contributed by atoms with E-state index in [9.17, 15) is 5.11 Å². The Morgan fingerprint density at radius 2 is 1.73 bits per heavy atom. The lowest BCUT2D eigenvalue weighted by atomic mass is 9.97. The molecule has 0 atom stereocenters.